The fourth-order valence-electron chi connectivity index (χ4n) is 2.99. The Morgan fingerprint density at radius 2 is 1.73 bits per heavy atom. The summed E-state index contributed by atoms with van der Waals surface area (Å²) in [5, 5.41) is 5.71. The van der Waals surface area contributed by atoms with Gasteiger partial charge in [0.25, 0.3) is 0 Å². The van der Waals surface area contributed by atoms with Crippen LogP contribution in [0.15, 0.2) is 24.3 Å². The molecule has 1 atom stereocenters. The fourth-order valence-corrected chi connectivity index (χ4v) is 2.99. The number of methoxy groups -OCH3 is 1. The molecule has 5 heteroatoms. The maximum Gasteiger partial charge on any atom is 0.407 e. The largest absolute Gasteiger partial charge is 0.453 e. The van der Waals surface area contributed by atoms with Crippen LogP contribution in [0.4, 0.5) is 4.79 Å². The van der Waals surface area contributed by atoms with E-state index in [-0.39, 0.29) is 17.4 Å². The quantitative estimate of drug-likeness (QED) is 0.894. The van der Waals surface area contributed by atoms with E-state index in [1.165, 1.54) is 18.2 Å². The molecule has 0 heterocycles. The Hall–Kier alpha value is -2.04. The second kappa shape index (κ2) is 6.38. The summed E-state index contributed by atoms with van der Waals surface area (Å²) in [6, 6.07) is 7.62. The summed E-state index contributed by atoms with van der Waals surface area (Å²) < 4.78 is 4.60. The van der Waals surface area contributed by atoms with Crippen LogP contribution in [0.2, 0.25) is 0 Å². The molecular formula is C17H24N2O3. The molecule has 0 saturated heterocycles. The van der Waals surface area contributed by atoms with E-state index >= 15 is 0 Å². The molecule has 0 fully saturated rings. The lowest BCUT2D eigenvalue weighted by Crippen LogP contribution is -2.56. The zero-order valence-corrected chi connectivity index (χ0v) is 13.6. The number of carbonyl (C=O) groups is 2. The van der Waals surface area contributed by atoms with Crippen molar-refractivity contribution in [1.29, 1.82) is 0 Å². The molecule has 5 nitrogen and oxygen atoms in total. The summed E-state index contributed by atoms with van der Waals surface area (Å²) in [5.41, 5.74) is 2.23. The van der Waals surface area contributed by atoms with Crippen molar-refractivity contribution in [2.24, 2.45) is 5.92 Å². The summed E-state index contributed by atoms with van der Waals surface area (Å²) in [4.78, 5) is 24.0. The van der Waals surface area contributed by atoms with Crippen LogP contribution in [0.25, 0.3) is 0 Å². The van der Waals surface area contributed by atoms with Gasteiger partial charge in [-0.15, -0.1) is 0 Å². The van der Waals surface area contributed by atoms with E-state index in [0.717, 1.165) is 12.8 Å². The molecule has 0 bridgehead atoms. The van der Waals surface area contributed by atoms with E-state index in [1.54, 1.807) is 0 Å². The van der Waals surface area contributed by atoms with Gasteiger partial charge >= 0.3 is 6.09 Å². The first kappa shape index (κ1) is 16.3. The van der Waals surface area contributed by atoms with Gasteiger partial charge in [-0.05, 0) is 36.8 Å². The van der Waals surface area contributed by atoms with Gasteiger partial charge < -0.3 is 15.4 Å². The zero-order chi connectivity index (χ0) is 16.3. The predicted molar refractivity (Wildman–Crippen MR) is 84.6 cm³/mol. The van der Waals surface area contributed by atoms with Crippen molar-refractivity contribution in [3.05, 3.63) is 35.4 Å². The monoisotopic (exact) mass is 304 g/mol. The Bertz CT molecular complexity index is 544. The van der Waals surface area contributed by atoms with Gasteiger partial charge in [0.2, 0.25) is 5.91 Å². The topological polar surface area (TPSA) is 67.4 Å². The summed E-state index contributed by atoms with van der Waals surface area (Å²) >= 11 is 0. The lowest BCUT2D eigenvalue weighted by atomic mass is 9.96. The van der Waals surface area contributed by atoms with Crippen LogP contribution >= 0.6 is 0 Å². The summed E-state index contributed by atoms with van der Waals surface area (Å²) in [7, 11) is 1.29. The van der Waals surface area contributed by atoms with E-state index in [0.29, 0.717) is 0 Å². The molecule has 2 N–H and O–H groups in total. The van der Waals surface area contributed by atoms with Crippen LogP contribution < -0.4 is 10.6 Å². The Morgan fingerprint density at radius 1 is 1.18 bits per heavy atom. The number of hydrogen-bond donors (Lipinski definition) is 2. The third-order valence-corrected chi connectivity index (χ3v) is 4.11. The van der Waals surface area contributed by atoms with Gasteiger partial charge in [-0.1, -0.05) is 38.1 Å². The average Bonchev–Trinajstić information content (AvgIpc) is 2.79. The molecule has 0 spiro atoms. The molecule has 120 valence electrons. The lowest BCUT2D eigenvalue weighted by molar-refractivity contribution is -0.125. The minimum atomic E-state index is -0.604. The van der Waals surface area contributed by atoms with Crippen molar-refractivity contribution in [2.75, 3.05) is 7.11 Å². The lowest BCUT2D eigenvalue weighted by Gasteiger charge is -2.29. The normalized spacial score (nSPS) is 16.8. The highest BCUT2D eigenvalue weighted by Crippen LogP contribution is 2.29. The standard InChI is InChI=1S/C17H24N2O3/c1-11(2)14(18-16(21)22-4)15(20)19-17(3)9-12-7-5-6-8-13(12)10-17/h5-8,11,14H,9-10H2,1-4H3,(H,18,21)(H,19,20)/t14-/m1/s1. The average molecular weight is 304 g/mol. The van der Waals surface area contributed by atoms with Crippen LogP contribution in [0.3, 0.4) is 0 Å². The fraction of sp³-hybridized carbons (Fsp3) is 0.529. The number of alkyl carbamates (subject to hydrolysis) is 1. The number of nitrogens with one attached hydrogen (secondary N) is 2. The minimum absolute atomic E-state index is 0.0218. The van der Waals surface area contributed by atoms with Gasteiger partial charge in [0.05, 0.1) is 7.11 Å². The van der Waals surface area contributed by atoms with E-state index in [4.69, 9.17) is 0 Å². The van der Waals surface area contributed by atoms with Gasteiger partial charge in [-0.3, -0.25) is 4.79 Å². The Kier molecular flexibility index (Phi) is 4.74. The van der Waals surface area contributed by atoms with Crippen molar-refractivity contribution < 1.29 is 14.3 Å². The summed E-state index contributed by atoms with van der Waals surface area (Å²) in [5.74, 6) is -0.192. The molecule has 1 aliphatic rings. The van der Waals surface area contributed by atoms with E-state index in [1.807, 2.05) is 32.9 Å². The number of ether oxygens (including phenoxy) is 1. The number of hydrogen-bond acceptors (Lipinski definition) is 3. The SMILES string of the molecule is COC(=O)N[C@@H](C(=O)NC1(C)Cc2ccccc2C1)C(C)C. The number of amides is 2. The van der Waals surface area contributed by atoms with Crippen LogP contribution in [0, 0.1) is 5.92 Å². The maximum atomic E-state index is 12.6. The molecule has 0 saturated carbocycles. The second-order valence-electron chi connectivity index (χ2n) is 6.53. The molecule has 0 unspecified atom stereocenters. The highest BCUT2D eigenvalue weighted by molar-refractivity contribution is 5.86. The van der Waals surface area contributed by atoms with Gasteiger partial charge in [-0.2, -0.15) is 0 Å². The van der Waals surface area contributed by atoms with Gasteiger partial charge in [0.1, 0.15) is 6.04 Å². The molecule has 1 aromatic carbocycles. The van der Waals surface area contributed by atoms with Crippen molar-refractivity contribution >= 4 is 12.0 Å². The van der Waals surface area contributed by atoms with E-state index in [2.05, 4.69) is 27.5 Å². The highest BCUT2D eigenvalue weighted by atomic mass is 16.5. The molecule has 1 aliphatic carbocycles. The second-order valence-corrected chi connectivity index (χ2v) is 6.53. The Balaban J connectivity index is 2.06. The first-order valence-corrected chi connectivity index (χ1v) is 7.58. The number of benzene rings is 1. The van der Waals surface area contributed by atoms with Gasteiger partial charge in [0.15, 0.2) is 0 Å². The molecular weight excluding hydrogens is 280 g/mol. The predicted octanol–water partition coefficient (Wildman–Crippen LogP) is 2.04. The molecule has 0 radical (unpaired) electrons. The minimum Gasteiger partial charge on any atom is -0.453 e. The maximum absolute atomic E-state index is 12.6. The van der Waals surface area contributed by atoms with E-state index in [9.17, 15) is 9.59 Å². The van der Waals surface area contributed by atoms with E-state index < -0.39 is 12.1 Å². The third-order valence-electron chi connectivity index (χ3n) is 4.11. The molecule has 2 amide bonds. The zero-order valence-electron chi connectivity index (χ0n) is 13.6. The van der Waals surface area contributed by atoms with Crippen molar-refractivity contribution in [2.45, 2.75) is 45.2 Å². The third kappa shape index (κ3) is 3.59. The van der Waals surface area contributed by atoms with Crippen LogP contribution in [-0.2, 0) is 22.4 Å². The molecule has 22 heavy (non-hydrogen) atoms. The molecule has 1 aromatic rings. The Morgan fingerprint density at radius 3 is 2.18 bits per heavy atom. The van der Waals surface area contributed by atoms with Crippen LogP contribution in [0.5, 0.6) is 0 Å². The molecule has 0 aliphatic heterocycles. The van der Waals surface area contributed by atoms with Crippen LogP contribution in [-0.4, -0.2) is 30.7 Å². The van der Waals surface area contributed by atoms with Crippen LogP contribution in [0.1, 0.15) is 31.9 Å². The number of carbonyl (C=O) groups excluding carboxylic acids is 2. The number of fused-ring (bicyclic) bond motifs is 1. The highest BCUT2D eigenvalue weighted by Gasteiger charge is 2.36. The molecule has 2 rings (SSSR count). The van der Waals surface area contributed by atoms with Crippen molar-refractivity contribution in [1.82, 2.24) is 10.6 Å². The first-order valence-electron chi connectivity index (χ1n) is 7.58. The van der Waals surface area contributed by atoms with Gasteiger partial charge in [0, 0.05) is 5.54 Å². The van der Waals surface area contributed by atoms with Crippen molar-refractivity contribution in [3.8, 4) is 0 Å². The first-order chi connectivity index (χ1) is 10.3. The Labute approximate surface area is 131 Å². The summed E-state index contributed by atoms with van der Waals surface area (Å²) in [6.45, 7) is 5.83. The molecule has 0 aromatic heterocycles. The summed E-state index contributed by atoms with van der Waals surface area (Å²) in [6.07, 6.45) is 1.02. The number of rotatable bonds is 4. The van der Waals surface area contributed by atoms with Gasteiger partial charge in [-0.25, -0.2) is 4.79 Å². The smallest absolute Gasteiger partial charge is 0.407 e. The van der Waals surface area contributed by atoms with Crippen molar-refractivity contribution in [3.63, 3.8) is 0 Å².